The van der Waals surface area contributed by atoms with E-state index in [2.05, 4.69) is 4.98 Å². The molecule has 0 amide bonds. The van der Waals surface area contributed by atoms with Crippen LogP contribution in [0.1, 0.15) is 23.2 Å². The van der Waals surface area contributed by atoms with Crippen molar-refractivity contribution in [2.75, 3.05) is 18.0 Å². The molecule has 1 aromatic heterocycles. The van der Waals surface area contributed by atoms with Gasteiger partial charge in [0.1, 0.15) is 5.82 Å². The lowest BCUT2D eigenvalue weighted by Crippen LogP contribution is -2.24. The molecule has 2 N–H and O–H groups in total. The zero-order chi connectivity index (χ0) is 15.1. The highest BCUT2D eigenvalue weighted by Crippen LogP contribution is 2.45. The van der Waals surface area contributed by atoms with Gasteiger partial charge in [0, 0.05) is 19.3 Å². The van der Waals surface area contributed by atoms with Crippen LogP contribution < -0.4 is 4.90 Å². The van der Waals surface area contributed by atoms with E-state index >= 15 is 0 Å². The largest absolute Gasteiger partial charge is 0.481 e. The minimum absolute atomic E-state index is 0.0245. The highest BCUT2D eigenvalue weighted by molar-refractivity contribution is 6.33. The maximum Gasteiger partial charge on any atom is 0.337 e. The molecule has 21 heavy (non-hydrogen) atoms. The summed E-state index contributed by atoms with van der Waals surface area (Å²) in [5.41, 5.74) is 0.0245. The van der Waals surface area contributed by atoms with Crippen molar-refractivity contribution in [1.29, 1.82) is 0 Å². The average Bonchev–Trinajstić information content (AvgIpc) is 3.17. The lowest BCUT2D eigenvalue weighted by Gasteiger charge is -2.18. The Labute approximate surface area is 126 Å². The third-order valence-corrected chi connectivity index (χ3v) is 4.56. The summed E-state index contributed by atoms with van der Waals surface area (Å²) in [6.07, 6.45) is 3.42. The van der Waals surface area contributed by atoms with E-state index in [1.54, 1.807) is 0 Å². The van der Waals surface area contributed by atoms with Crippen LogP contribution in [0.2, 0.25) is 5.02 Å². The molecule has 1 aromatic rings. The number of aliphatic carboxylic acids is 1. The topological polar surface area (TPSA) is 90.7 Å². The van der Waals surface area contributed by atoms with Crippen LogP contribution in [-0.4, -0.2) is 40.2 Å². The molecular formula is C14H15ClN2O4. The monoisotopic (exact) mass is 310 g/mol. The molecule has 2 aliphatic rings. The molecule has 1 saturated heterocycles. The van der Waals surface area contributed by atoms with Crippen molar-refractivity contribution in [3.63, 3.8) is 0 Å². The van der Waals surface area contributed by atoms with Crippen molar-refractivity contribution >= 4 is 29.4 Å². The van der Waals surface area contributed by atoms with Crippen molar-refractivity contribution < 1.29 is 19.8 Å². The van der Waals surface area contributed by atoms with Gasteiger partial charge in [-0.15, -0.1) is 0 Å². The Morgan fingerprint density at radius 1 is 1.29 bits per heavy atom. The second-order valence-electron chi connectivity index (χ2n) is 5.69. The first-order valence-electron chi connectivity index (χ1n) is 6.84. The molecule has 0 unspecified atom stereocenters. The zero-order valence-corrected chi connectivity index (χ0v) is 12.0. The van der Waals surface area contributed by atoms with Crippen LogP contribution >= 0.6 is 11.6 Å². The molecule has 1 saturated carbocycles. The number of nitrogens with zero attached hydrogens (tertiary/aromatic N) is 2. The van der Waals surface area contributed by atoms with Gasteiger partial charge < -0.3 is 15.1 Å². The number of aromatic carboxylic acids is 1. The fraction of sp³-hybridized carbons (Fsp3) is 0.500. The summed E-state index contributed by atoms with van der Waals surface area (Å²) in [5.74, 6) is -1.21. The summed E-state index contributed by atoms with van der Waals surface area (Å²) >= 11 is 6.11. The number of hydrogen-bond donors (Lipinski definition) is 2. The minimum Gasteiger partial charge on any atom is -0.481 e. The number of aromatic nitrogens is 1. The molecule has 112 valence electrons. The molecule has 0 bridgehead atoms. The maximum atomic E-state index is 11.4. The van der Waals surface area contributed by atoms with Crippen LogP contribution in [0.4, 0.5) is 5.82 Å². The Bertz CT molecular complexity index is 603. The predicted octanol–water partition coefficient (Wildman–Crippen LogP) is 1.98. The van der Waals surface area contributed by atoms with Gasteiger partial charge >= 0.3 is 11.9 Å². The van der Waals surface area contributed by atoms with Crippen molar-refractivity contribution in [2.45, 2.75) is 12.8 Å². The number of anilines is 1. The van der Waals surface area contributed by atoms with E-state index in [0.717, 1.165) is 12.8 Å². The van der Waals surface area contributed by atoms with Gasteiger partial charge in [0.15, 0.2) is 0 Å². The van der Waals surface area contributed by atoms with Gasteiger partial charge in [-0.3, -0.25) is 4.79 Å². The van der Waals surface area contributed by atoms with Crippen LogP contribution in [-0.2, 0) is 4.79 Å². The van der Waals surface area contributed by atoms with Gasteiger partial charge in [0.2, 0.25) is 0 Å². The molecule has 0 radical (unpaired) electrons. The predicted molar refractivity (Wildman–Crippen MR) is 75.8 cm³/mol. The van der Waals surface area contributed by atoms with Crippen LogP contribution in [0.5, 0.6) is 0 Å². The van der Waals surface area contributed by atoms with E-state index in [1.807, 2.05) is 4.90 Å². The van der Waals surface area contributed by atoms with Crippen molar-refractivity contribution in [1.82, 2.24) is 4.98 Å². The second kappa shape index (κ2) is 5.18. The number of halogens is 1. The first-order chi connectivity index (χ1) is 9.97. The van der Waals surface area contributed by atoms with Crippen LogP contribution in [0.3, 0.4) is 0 Å². The third kappa shape index (κ3) is 2.68. The number of carboxylic acids is 2. The van der Waals surface area contributed by atoms with Crippen molar-refractivity contribution in [3.8, 4) is 0 Å². The first kappa shape index (κ1) is 14.1. The molecular weight excluding hydrogens is 296 g/mol. The number of rotatable bonds is 4. The third-order valence-electron chi connectivity index (χ3n) is 4.28. The van der Waals surface area contributed by atoms with Gasteiger partial charge in [-0.2, -0.15) is 0 Å². The molecule has 0 aromatic carbocycles. The van der Waals surface area contributed by atoms with Gasteiger partial charge in [-0.25, -0.2) is 9.78 Å². The molecule has 7 heteroatoms. The molecule has 3 rings (SSSR count). The fourth-order valence-corrected chi connectivity index (χ4v) is 3.33. The van der Waals surface area contributed by atoms with Crippen molar-refractivity contribution in [3.05, 3.63) is 22.8 Å². The standard InChI is InChI=1S/C14H15ClN2O4/c15-11-3-8(13(18)19)4-16-12(11)17-5-9(7-1-2-7)10(6-17)14(20)21/h3-4,7,9-10H,1-2,5-6H2,(H,18,19)(H,20,21)/t9-,10+/m1/s1. The minimum atomic E-state index is -1.09. The Morgan fingerprint density at radius 2 is 2.00 bits per heavy atom. The summed E-state index contributed by atoms with van der Waals surface area (Å²) in [5, 5.41) is 18.5. The fourth-order valence-electron chi connectivity index (χ4n) is 3.05. The highest BCUT2D eigenvalue weighted by Gasteiger charge is 2.46. The molecule has 1 aliphatic heterocycles. The first-order valence-corrected chi connectivity index (χ1v) is 7.21. The normalized spacial score (nSPS) is 25.1. The molecule has 2 atom stereocenters. The number of carbonyl (C=O) groups is 2. The summed E-state index contributed by atoms with van der Waals surface area (Å²) in [6.45, 7) is 0.983. The Kier molecular flexibility index (Phi) is 3.49. The number of carboxylic acid groups (broad SMARTS) is 2. The van der Waals surface area contributed by atoms with E-state index in [9.17, 15) is 14.7 Å². The zero-order valence-electron chi connectivity index (χ0n) is 11.2. The summed E-state index contributed by atoms with van der Waals surface area (Å²) in [4.78, 5) is 28.2. The van der Waals surface area contributed by atoms with E-state index in [1.165, 1.54) is 12.3 Å². The van der Waals surface area contributed by atoms with Gasteiger partial charge in [0.25, 0.3) is 0 Å². The van der Waals surface area contributed by atoms with Crippen LogP contribution in [0.15, 0.2) is 12.3 Å². The summed E-state index contributed by atoms with van der Waals surface area (Å²) < 4.78 is 0. The molecule has 1 aliphatic carbocycles. The SMILES string of the molecule is O=C(O)c1cnc(N2C[C@H](C(=O)O)[C@@H](C3CC3)C2)c(Cl)c1. The number of hydrogen-bond acceptors (Lipinski definition) is 4. The molecule has 2 heterocycles. The highest BCUT2D eigenvalue weighted by atomic mass is 35.5. The lowest BCUT2D eigenvalue weighted by atomic mass is 9.92. The van der Waals surface area contributed by atoms with Gasteiger partial charge in [-0.05, 0) is 30.7 Å². The maximum absolute atomic E-state index is 11.4. The molecule has 0 spiro atoms. The molecule has 6 nitrogen and oxygen atoms in total. The Hall–Kier alpha value is -1.82. The van der Waals surface area contributed by atoms with Crippen LogP contribution in [0.25, 0.3) is 0 Å². The van der Waals surface area contributed by atoms with E-state index in [0.29, 0.717) is 24.8 Å². The van der Waals surface area contributed by atoms with E-state index in [4.69, 9.17) is 16.7 Å². The second-order valence-corrected chi connectivity index (χ2v) is 6.09. The average molecular weight is 311 g/mol. The van der Waals surface area contributed by atoms with Gasteiger partial charge in [0.05, 0.1) is 16.5 Å². The molecule has 2 fully saturated rings. The number of pyridine rings is 1. The van der Waals surface area contributed by atoms with Crippen LogP contribution in [0, 0.1) is 17.8 Å². The Morgan fingerprint density at radius 3 is 2.52 bits per heavy atom. The summed E-state index contributed by atoms with van der Waals surface area (Å²) in [7, 11) is 0. The van der Waals surface area contributed by atoms with Crippen molar-refractivity contribution in [2.24, 2.45) is 17.8 Å². The van der Waals surface area contributed by atoms with E-state index in [-0.39, 0.29) is 16.5 Å². The Balaban J connectivity index is 1.84. The lowest BCUT2D eigenvalue weighted by molar-refractivity contribution is -0.142. The van der Waals surface area contributed by atoms with E-state index < -0.39 is 17.9 Å². The smallest absolute Gasteiger partial charge is 0.337 e. The quantitative estimate of drug-likeness (QED) is 0.883. The van der Waals surface area contributed by atoms with Gasteiger partial charge in [-0.1, -0.05) is 11.6 Å². The summed E-state index contributed by atoms with van der Waals surface area (Å²) in [6, 6.07) is 1.35.